The molecule has 0 radical (unpaired) electrons. The fourth-order valence-corrected chi connectivity index (χ4v) is 1.71. The molecule has 0 unspecified atom stereocenters. The quantitative estimate of drug-likeness (QED) is 0.820. The number of hydroxylamine groups is 1. The minimum Gasteiger partial charge on any atom is -0.349 e. The van der Waals surface area contributed by atoms with Crippen molar-refractivity contribution in [3.8, 4) is 0 Å². The number of imidazole rings is 1. The molecule has 0 bridgehead atoms. The number of hydrogen-bond acceptors (Lipinski definition) is 3. The molecule has 0 saturated carbocycles. The minimum atomic E-state index is -4.44. The summed E-state index contributed by atoms with van der Waals surface area (Å²) in [7, 11) is 0. The van der Waals surface area contributed by atoms with E-state index in [-0.39, 0.29) is 18.1 Å². The molecule has 1 aromatic carbocycles. The van der Waals surface area contributed by atoms with E-state index in [4.69, 9.17) is 4.84 Å². The van der Waals surface area contributed by atoms with Crippen molar-refractivity contribution in [2.24, 2.45) is 0 Å². The first-order chi connectivity index (χ1) is 10.9. The zero-order valence-corrected chi connectivity index (χ0v) is 12.2. The summed E-state index contributed by atoms with van der Waals surface area (Å²) < 4.78 is 37.8. The molecule has 0 spiro atoms. The third-order valence-corrected chi connectivity index (χ3v) is 2.77. The Kier molecular flexibility index (Phi) is 5.22. The molecule has 2 amide bonds. The number of halogens is 3. The molecule has 2 N–H and O–H groups in total. The van der Waals surface area contributed by atoms with Gasteiger partial charge >= 0.3 is 12.2 Å². The number of rotatable bonds is 5. The van der Waals surface area contributed by atoms with Gasteiger partial charge in [0.25, 0.3) is 0 Å². The summed E-state index contributed by atoms with van der Waals surface area (Å²) in [6, 6.07) is 3.45. The number of carbonyl (C=O) groups excluding carboxylic acids is 1. The molecule has 9 heteroatoms. The number of nitrogens with one attached hydrogen (secondary N) is 2. The van der Waals surface area contributed by atoms with Crippen LogP contribution in [0.5, 0.6) is 0 Å². The Bertz CT molecular complexity index is 626. The van der Waals surface area contributed by atoms with Crippen LogP contribution in [0.1, 0.15) is 18.9 Å². The monoisotopic (exact) mass is 328 g/mol. The minimum absolute atomic E-state index is 0.180. The SMILES string of the molecule is CCCON(C(=O)Nc1c[nH]cn1)c1ccc(C(F)(F)F)cc1. The molecule has 0 aliphatic carbocycles. The normalized spacial score (nSPS) is 11.3. The molecule has 0 fully saturated rings. The molecule has 124 valence electrons. The molecular weight excluding hydrogens is 313 g/mol. The topological polar surface area (TPSA) is 70.2 Å². The van der Waals surface area contributed by atoms with Crippen molar-refractivity contribution in [1.29, 1.82) is 0 Å². The molecule has 0 atom stereocenters. The van der Waals surface area contributed by atoms with Gasteiger partial charge in [0.2, 0.25) is 0 Å². The van der Waals surface area contributed by atoms with Crippen LogP contribution in [-0.2, 0) is 11.0 Å². The van der Waals surface area contributed by atoms with Crippen molar-refractivity contribution in [2.75, 3.05) is 17.0 Å². The van der Waals surface area contributed by atoms with Crippen molar-refractivity contribution in [1.82, 2.24) is 9.97 Å². The first-order valence-corrected chi connectivity index (χ1v) is 6.82. The van der Waals surface area contributed by atoms with Crippen LogP contribution in [0.15, 0.2) is 36.8 Å². The summed E-state index contributed by atoms with van der Waals surface area (Å²) in [5, 5.41) is 3.37. The van der Waals surface area contributed by atoms with E-state index < -0.39 is 17.8 Å². The van der Waals surface area contributed by atoms with Gasteiger partial charge in [-0.05, 0) is 30.7 Å². The number of amides is 2. The van der Waals surface area contributed by atoms with Crippen LogP contribution < -0.4 is 10.4 Å². The summed E-state index contributed by atoms with van der Waals surface area (Å²) in [4.78, 5) is 24.0. The van der Waals surface area contributed by atoms with Crippen LogP contribution in [0.4, 0.5) is 29.5 Å². The average Bonchev–Trinajstić information content (AvgIpc) is 3.00. The summed E-state index contributed by atoms with van der Waals surface area (Å²) in [6.07, 6.45) is -0.967. The fourth-order valence-electron chi connectivity index (χ4n) is 1.71. The summed E-state index contributed by atoms with van der Waals surface area (Å²) in [5.74, 6) is 0.270. The van der Waals surface area contributed by atoms with E-state index in [1.807, 2.05) is 6.92 Å². The van der Waals surface area contributed by atoms with Gasteiger partial charge in [0.1, 0.15) is 0 Å². The fraction of sp³-hybridized carbons (Fsp3) is 0.286. The van der Waals surface area contributed by atoms with Gasteiger partial charge in [-0.3, -0.25) is 10.2 Å². The largest absolute Gasteiger partial charge is 0.416 e. The second-order valence-corrected chi connectivity index (χ2v) is 4.56. The second kappa shape index (κ2) is 7.14. The number of alkyl halides is 3. The number of aromatic amines is 1. The highest BCUT2D eigenvalue weighted by atomic mass is 19.4. The van der Waals surface area contributed by atoms with Crippen molar-refractivity contribution in [3.05, 3.63) is 42.4 Å². The van der Waals surface area contributed by atoms with Gasteiger partial charge in [-0.25, -0.2) is 9.78 Å². The summed E-state index contributed by atoms with van der Waals surface area (Å²) >= 11 is 0. The lowest BCUT2D eigenvalue weighted by molar-refractivity contribution is -0.137. The first kappa shape index (κ1) is 16.8. The number of H-pyrrole nitrogens is 1. The van der Waals surface area contributed by atoms with E-state index >= 15 is 0 Å². The zero-order chi connectivity index (χ0) is 16.9. The zero-order valence-electron chi connectivity index (χ0n) is 12.2. The maximum absolute atomic E-state index is 12.6. The average molecular weight is 328 g/mol. The Labute approximate surface area is 130 Å². The Morgan fingerprint density at radius 3 is 2.57 bits per heavy atom. The highest BCUT2D eigenvalue weighted by molar-refractivity contribution is 5.99. The number of urea groups is 1. The van der Waals surface area contributed by atoms with Gasteiger partial charge in [0.15, 0.2) is 5.82 Å². The van der Waals surface area contributed by atoms with Crippen LogP contribution in [0.25, 0.3) is 0 Å². The highest BCUT2D eigenvalue weighted by Crippen LogP contribution is 2.30. The summed E-state index contributed by atoms with van der Waals surface area (Å²) in [5.41, 5.74) is -0.621. The lowest BCUT2D eigenvalue weighted by Crippen LogP contribution is -2.35. The smallest absolute Gasteiger partial charge is 0.349 e. The van der Waals surface area contributed by atoms with E-state index in [0.717, 1.165) is 17.2 Å². The van der Waals surface area contributed by atoms with E-state index in [9.17, 15) is 18.0 Å². The Morgan fingerprint density at radius 2 is 2.04 bits per heavy atom. The maximum Gasteiger partial charge on any atom is 0.416 e. The molecule has 1 heterocycles. The number of aromatic nitrogens is 2. The van der Waals surface area contributed by atoms with Gasteiger partial charge in [-0.15, -0.1) is 0 Å². The molecule has 23 heavy (non-hydrogen) atoms. The second-order valence-electron chi connectivity index (χ2n) is 4.56. The highest BCUT2D eigenvalue weighted by Gasteiger charge is 2.30. The molecule has 2 rings (SSSR count). The van der Waals surface area contributed by atoms with Gasteiger partial charge in [-0.1, -0.05) is 6.92 Å². The van der Waals surface area contributed by atoms with Crippen LogP contribution in [-0.4, -0.2) is 22.6 Å². The third kappa shape index (κ3) is 4.46. The molecule has 0 aliphatic rings. The van der Waals surface area contributed by atoms with Gasteiger partial charge in [0.05, 0.1) is 24.2 Å². The lowest BCUT2D eigenvalue weighted by atomic mass is 10.2. The number of hydrogen-bond donors (Lipinski definition) is 2. The molecule has 6 nitrogen and oxygen atoms in total. The standard InChI is InChI=1S/C14H15F3N4O2/c1-2-7-23-21(13(22)20-12-8-18-9-19-12)11-5-3-10(4-6-11)14(15,16)17/h3-6,8-9H,2,7H2,1H3,(H,18,19)(H,20,22). The van der Waals surface area contributed by atoms with Crippen LogP contribution in [0.3, 0.4) is 0 Å². The molecule has 2 aromatic rings. The predicted molar refractivity (Wildman–Crippen MR) is 77.8 cm³/mol. The van der Waals surface area contributed by atoms with Crippen molar-refractivity contribution in [2.45, 2.75) is 19.5 Å². The van der Waals surface area contributed by atoms with E-state index in [2.05, 4.69) is 15.3 Å². The van der Waals surface area contributed by atoms with Crippen LogP contribution >= 0.6 is 0 Å². The van der Waals surface area contributed by atoms with Gasteiger partial charge < -0.3 is 4.98 Å². The number of benzene rings is 1. The Balaban J connectivity index is 2.18. The van der Waals surface area contributed by atoms with E-state index in [1.54, 1.807) is 0 Å². The van der Waals surface area contributed by atoms with E-state index in [0.29, 0.717) is 6.42 Å². The Hall–Kier alpha value is -2.55. The predicted octanol–water partition coefficient (Wildman–Crippen LogP) is 3.81. The number of carbonyl (C=O) groups is 1. The molecule has 0 aliphatic heterocycles. The first-order valence-electron chi connectivity index (χ1n) is 6.82. The summed E-state index contributed by atoms with van der Waals surface area (Å²) in [6.45, 7) is 2.07. The van der Waals surface area contributed by atoms with Crippen LogP contribution in [0, 0.1) is 0 Å². The van der Waals surface area contributed by atoms with Gasteiger partial charge in [0, 0.05) is 6.20 Å². The molecule has 1 aromatic heterocycles. The van der Waals surface area contributed by atoms with Crippen molar-refractivity contribution >= 4 is 17.5 Å². The van der Waals surface area contributed by atoms with Crippen LogP contribution in [0.2, 0.25) is 0 Å². The van der Waals surface area contributed by atoms with E-state index in [1.165, 1.54) is 24.7 Å². The van der Waals surface area contributed by atoms with Gasteiger partial charge in [-0.2, -0.15) is 18.2 Å². The number of anilines is 2. The Morgan fingerprint density at radius 1 is 1.35 bits per heavy atom. The maximum atomic E-state index is 12.6. The van der Waals surface area contributed by atoms with Crippen molar-refractivity contribution < 1.29 is 22.8 Å². The number of nitrogens with zero attached hydrogens (tertiary/aromatic N) is 2. The molecule has 0 saturated heterocycles. The lowest BCUT2D eigenvalue weighted by Gasteiger charge is -2.22. The third-order valence-electron chi connectivity index (χ3n) is 2.77. The van der Waals surface area contributed by atoms with Crippen molar-refractivity contribution in [3.63, 3.8) is 0 Å². The molecular formula is C14H15F3N4O2.